The van der Waals surface area contributed by atoms with Gasteiger partial charge in [-0.3, -0.25) is 4.79 Å². The third-order valence-corrected chi connectivity index (χ3v) is 4.36. The number of thioether (sulfide) groups is 1. The van der Waals surface area contributed by atoms with Crippen LogP contribution < -0.4 is 0 Å². The van der Waals surface area contributed by atoms with Crippen LogP contribution in [0.2, 0.25) is 0 Å². The molecule has 22 heavy (non-hydrogen) atoms. The SMILES string of the molecule is CC(C)(C)c1cc(C=C2SC=NC2=O)cc(C(C)(C)C)c1O. The Morgan fingerprint density at radius 2 is 1.55 bits per heavy atom. The highest BCUT2D eigenvalue weighted by Gasteiger charge is 2.26. The van der Waals surface area contributed by atoms with Gasteiger partial charge in [0, 0.05) is 11.1 Å². The molecule has 0 saturated carbocycles. The van der Waals surface area contributed by atoms with Crippen molar-refractivity contribution >= 4 is 29.3 Å². The van der Waals surface area contributed by atoms with Crippen LogP contribution in [0.25, 0.3) is 6.08 Å². The molecule has 2 rings (SSSR count). The van der Waals surface area contributed by atoms with Gasteiger partial charge in [0.05, 0.1) is 10.5 Å². The van der Waals surface area contributed by atoms with Crippen molar-refractivity contribution in [3.05, 3.63) is 33.7 Å². The minimum Gasteiger partial charge on any atom is -0.507 e. The highest BCUT2D eigenvalue weighted by Crippen LogP contribution is 2.40. The van der Waals surface area contributed by atoms with Crippen molar-refractivity contribution in [1.29, 1.82) is 0 Å². The molecule has 0 bridgehead atoms. The molecular weight excluding hydrogens is 294 g/mol. The molecule has 1 aliphatic rings. The van der Waals surface area contributed by atoms with Crippen molar-refractivity contribution in [1.82, 2.24) is 0 Å². The molecule has 0 aromatic heterocycles. The highest BCUT2D eigenvalue weighted by molar-refractivity contribution is 8.16. The standard InChI is InChI=1S/C18H23NO2S/c1-17(2,3)12-7-11(9-14-16(21)19-10-22-14)8-13(15(12)20)18(4,5)6/h7-10,20H,1-6H3. The molecule has 0 radical (unpaired) electrons. The number of hydrogen-bond acceptors (Lipinski definition) is 3. The van der Waals surface area contributed by atoms with Crippen molar-refractivity contribution in [2.75, 3.05) is 0 Å². The largest absolute Gasteiger partial charge is 0.507 e. The Bertz CT molecular complexity index is 638. The number of aliphatic imine (C=N–C) groups is 1. The Kier molecular flexibility index (Phi) is 4.26. The Morgan fingerprint density at radius 1 is 1.05 bits per heavy atom. The van der Waals surface area contributed by atoms with E-state index in [4.69, 9.17) is 0 Å². The number of amides is 1. The van der Waals surface area contributed by atoms with Crippen LogP contribution in [0.15, 0.2) is 22.0 Å². The van der Waals surface area contributed by atoms with Gasteiger partial charge in [-0.2, -0.15) is 0 Å². The molecule has 0 unspecified atom stereocenters. The van der Waals surface area contributed by atoms with Crippen molar-refractivity contribution in [2.24, 2.45) is 4.99 Å². The minimum absolute atomic E-state index is 0.179. The van der Waals surface area contributed by atoms with Gasteiger partial charge in [-0.1, -0.05) is 53.3 Å². The van der Waals surface area contributed by atoms with Gasteiger partial charge in [0.2, 0.25) is 0 Å². The van der Waals surface area contributed by atoms with E-state index < -0.39 is 0 Å². The summed E-state index contributed by atoms with van der Waals surface area (Å²) < 4.78 is 0. The topological polar surface area (TPSA) is 49.7 Å². The fourth-order valence-electron chi connectivity index (χ4n) is 2.38. The van der Waals surface area contributed by atoms with Gasteiger partial charge in [-0.15, -0.1) is 0 Å². The van der Waals surface area contributed by atoms with Gasteiger partial charge >= 0.3 is 0 Å². The van der Waals surface area contributed by atoms with E-state index in [-0.39, 0.29) is 16.7 Å². The van der Waals surface area contributed by atoms with Crippen LogP contribution in [0, 0.1) is 0 Å². The van der Waals surface area contributed by atoms with Crippen LogP contribution in [0.3, 0.4) is 0 Å². The second-order valence-electron chi connectivity index (χ2n) is 7.63. The number of carbonyl (C=O) groups excluding carboxylic acids is 1. The molecule has 1 heterocycles. The second-order valence-corrected chi connectivity index (χ2v) is 8.52. The Balaban J connectivity index is 2.63. The predicted octanol–water partition coefficient (Wildman–Crippen LogP) is 4.63. The zero-order valence-electron chi connectivity index (χ0n) is 14.0. The van der Waals surface area contributed by atoms with E-state index >= 15 is 0 Å². The lowest BCUT2D eigenvalue weighted by molar-refractivity contribution is -0.113. The third kappa shape index (κ3) is 3.43. The van der Waals surface area contributed by atoms with Crippen LogP contribution in [0.5, 0.6) is 5.75 Å². The number of carbonyl (C=O) groups is 1. The Morgan fingerprint density at radius 3 is 1.91 bits per heavy atom. The minimum atomic E-state index is -0.201. The van der Waals surface area contributed by atoms with Crippen molar-refractivity contribution in [3.63, 3.8) is 0 Å². The van der Waals surface area contributed by atoms with Crippen LogP contribution in [-0.4, -0.2) is 16.6 Å². The summed E-state index contributed by atoms with van der Waals surface area (Å²) in [5.41, 5.74) is 3.91. The van der Waals surface area contributed by atoms with Crippen LogP contribution in [0.4, 0.5) is 0 Å². The molecule has 0 saturated heterocycles. The monoisotopic (exact) mass is 317 g/mol. The number of benzene rings is 1. The Labute approximate surface area is 136 Å². The van der Waals surface area contributed by atoms with E-state index in [0.29, 0.717) is 10.7 Å². The first-order valence-electron chi connectivity index (χ1n) is 7.33. The van der Waals surface area contributed by atoms with Gasteiger partial charge in [0.1, 0.15) is 5.75 Å². The maximum Gasteiger partial charge on any atom is 0.284 e. The number of phenols is 1. The van der Waals surface area contributed by atoms with E-state index in [0.717, 1.165) is 16.7 Å². The molecule has 4 heteroatoms. The summed E-state index contributed by atoms with van der Waals surface area (Å²) in [6.45, 7) is 12.4. The number of hydrogen-bond donors (Lipinski definition) is 1. The fraction of sp³-hybridized carbons (Fsp3) is 0.444. The molecule has 1 aliphatic heterocycles. The summed E-state index contributed by atoms with van der Waals surface area (Å²) in [4.78, 5) is 16.0. The van der Waals surface area contributed by atoms with Gasteiger partial charge in [-0.25, -0.2) is 4.99 Å². The van der Waals surface area contributed by atoms with Gasteiger partial charge < -0.3 is 5.11 Å². The number of rotatable bonds is 1. The zero-order valence-corrected chi connectivity index (χ0v) is 14.8. The predicted molar refractivity (Wildman–Crippen MR) is 94.6 cm³/mol. The molecule has 3 nitrogen and oxygen atoms in total. The quantitative estimate of drug-likeness (QED) is 0.768. The highest BCUT2D eigenvalue weighted by atomic mass is 32.2. The molecule has 0 spiro atoms. The van der Waals surface area contributed by atoms with Gasteiger partial charge in [0.15, 0.2) is 0 Å². The average Bonchev–Trinajstić information content (AvgIpc) is 2.74. The molecule has 1 N–H and O–H groups in total. The first-order chi connectivity index (χ1) is 10.00. The number of nitrogens with zero attached hydrogens (tertiary/aromatic N) is 1. The lowest BCUT2D eigenvalue weighted by atomic mass is 9.78. The normalized spacial score (nSPS) is 17.5. The second kappa shape index (κ2) is 5.58. The van der Waals surface area contributed by atoms with Crippen molar-refractivity contribution in [2.45, 2.75) is 52.4 Å². The van der Waals surface area contributed by atoms with Gasteiger partial charge in [-0.05, 0) is 34.6 Å². The molecule has 1 amide bonds. The molecular formula is C18H23NO2S. The van der Waals surface area contributed by atoms with E-state index in [2.05, 4.69) is 46.5 Å². The van der Waals surface area contributed by atoms with E-state index in [1.165, 1.54) is 11.8 Å². The Hall–Kier alpha value is -1.55. The molecule has 0 aliphatic carbocycles. The van der Waals surface area contributed by atoms with E-state index in [1.807, 2.05) is 18.2 Å². The first-order valence-corrected chi connectivity index (χ1v) is 8.21. The third-order valence-electron chi connectivity index (χ3n) is 3.61. The summed E-state index contributed by atoms with van der Waals surface area (Å²) in [7, 11) is 0. The summed E-state index contributed by atoms with van der Waals surface area (Å²) in [5.74, 6) is 0.150. The number of aromatic hydroxyl groups is 1. The maximum atomic E-state index is 11.7. The molecule has 118 valence electrons. The lowest BCUT2D eigenvalue weighted by Crippen LogP contribution is -2.17. The molecule has 0 fully saturated rings. The first kappa shape index (κ1) is 16.8. The van der Waals surface area contributed by atoms with Crippen molar-refractivity contribution in [3.8, 4) is 5.75 Å². The van der Waals surface area contributed by atoms with Crippen LogP contribution in [-0.2, 0) is 15.6 Å². The summed E-state index contributed by atoms with van der Waals surface area (Å²) >= 11 is 1.33. The van der Waals surface area contributed by atoms with E-state index in [1.54, 1.807) is 5.55 Å². The van der Waals surface area contributed by atoms with E-state index in [9.17, 15) is 9.90 Å². The molecule has 1 aromatic rings. The zero-order chi connectivity index (χ0) is 16.7. The molecule has 1 aromatic carbocycles. The van der Waals surface area contributed by atoms with Crippen molar-refractivity contribution < 1.29 is 9.90 Å². The summed E-state index contributed by atoms with van der Waals surface area (Å²) in [5, 5.41) is 10.7. The average molecular weight is 317 g/mol. The van der Waals surface area contributed by atoms with Crippen LogP contribution in [0.1, 0.15) is 58.2 Å². The summed E-state index contributed by atoms with van der Waals surface area (Å²) in [6, 6.07) is 3.92. The number of phenolic OH excluding ortho intramolecular Hbond substituents is 1. The molecule has 0 atom stereocenters. The summed E-state index contributed by atoms with van der Waals surface area (Å²) in [6.07, 6.45) is 1.85. The lowest BCUT2D eigenvalue weighted by Gasteiger charge is -2.28. The smallest absolute Gasteiger partial charge is 0.284 e. The van der Waals surface area contributed by atoms with Crippen LogP contribution >= 0.6 is 11.8 Å². The fourth-order valence-corrected chi connectivity index (χ4v) is 3.00. The van der Waals surface area contributed by atoms with Gasteiger partial charge in [0.25, 0.3) is 5.91 Å². The maximum absolute atomic E-state index is 11.7.